The third kappa shape index (κ3) is 4.43. The van der Waals surface area contributed by atoms with Crippen molar-refractivity contribution < 1.29 is 32.6 Å². The molecule has 1 rings (SSSR count). The summed E-state index contributed by atoms with van der Waals surface area (Å²) in [4.78, 5) is 21.6. The molecule has 116 valence electrons. The summed E-state index contributed by atoms with van der Waals surface area (Å²) in [5.74, 6) is -1.79. The Morgan fingerprint density at radius 1 is 1.29 bits per heavy atom. The van der Waals surface area contributed by atoms with E-state index in [0.717, 1.165) is 6.07 Å². The quantitative estimate of drug-likeness (QED) is 0.691. The van der Waals surface area contributed by atoms with Crippen LogP contribution in [0.15, 0.2) is 23.1 Å². The molecule has 9 heteroatoms. The fraction of sp³-hybridized carbons (Fsp3) is 0.333. The number of nitrogens with one attached hydrogen (secondary N) is 1. The van der Waals surface area contributed by atoms with E-state index in [1.54, 1.807) is 0 Å². The Morgan fingerprint density at radius 2 is 1.95 bits per heavy atom. The van der Waals surface area contributed by atoms with E-state index in [0.29, 0.717) is 0 Å². The molecule has 0 fully saturated rings. The maximum Gasteiger partial charge on any atom is 0.337 e. The summed E-state index contributed by atoms with van der Waals surface area (Å²) in [6.45, 7) is -0.275. The second-order valence-electron chi connectivity index (χ2n) is 3.90. The van der Waals surface area contributed by atoms with Gasteiger partial charge in [0.15, 0.2) is 0 Å². The summed E-state index contributed by atoms with van der Waals surface area (Å²) in [7, 11) is -1.56. The maximum absolute atomic E-state index is 12.1. The lowest BCUT2D eigenvalue weighted by Crippen LogP contribution is -2.27. The highest BCUT2D eigenvalue weighted by Gasteiger charge is 2.21. The van der Waals surface area contributed by atoms with E-state index in [-0.39, 0.29) is 29.2 Å². The highest BCUT2D eigenvalue weighted by molar-refractivity contribution is 7.89. The Balaban J connectivity index is 3.13. The van der Waals surface area contributed by atoms with Crippen LogP contribution in [0.5, 0.6) is 5.75 Å². The van der Waals surface area contributed by atoms with E-state index in [9.17, 15) is 18.0 Å². The first-order valence-electron chi connectivity index (χ1n) is 5.79. The minimum atomic E-state index is -4.01. The SMILES string of the molecule is COC(=O)c1ccc(OC)c(S(=O)(=O)NCCC(=O)O)c1. The number of hydrogen-bond acceptors (Lipinski definition) is 6. The number of esters is 1. The fourth-order valence-electron chi connectivity index (χ4n) is 1.50. The molecule has 0 heterocycles. The van der Waals surface area contributed by atoms with E-state index in [1.807, 2.05) is 0 Å². The number of hydrogen-bond donors (Lipinski definition) is 2. The Hall–Kier alpha value is -2.13. The number of sulfonamides is 1. The molecule has 0 atom stereocenters. The number of carboxylic acid groups (broad SMARTS) is 1. The average molecular weight is 317 g/mol. The van der Waals surface area contributed by atoms with Crippen LogP contribution in [-0.2, 0) is 19.6 Å². The van der Waals surface area contributed by atoms with Gasteiger partial charge in [-0.05, 0) is 18.2 Å². The van der Waals surface area contributed by atoms with Crippen LogP contribution in [0.4, 0.5) is 0 Å². The van der Waals surface area contributed by atoms with Crippen molar-refractivity contribution in [2.24, 2.45) is 0 Å². The van der Waals surface area contributed by atoms with Gasteiger partial charge in [-0.3, -0.25) is 4.79 Å². The molecule has 8 nitrogen and oxygen atoms in total. The highest BCUT2D eigenvalue weighted by atomic mass is 32.2. The van der Waals surface area contributed by atoms with Gasteiger partial charge in [0, 0.05) is 6.54 Å². The van der Waals surface area contributed by atoms with Crippen LogP contribution in [0.1, 0.15) is 16.8 Å². The van der Waals surface area contributed by atoms with Crippen LogP contribution in [0.2, 0.25) is 0 Å². The molecule has 21 heavy (non-hydrogen) atoms. The zero-order valence-electron chi connectivity index (χ0n) is 11.5. The van der Waals surface area contributed by atoms with Gasteiger partial charge in [0.25, 0.3) is 0 Å². The third-order valence-electron chi connectivity index (χ3n) is 2.51. The number of carboxylic acids is 1. The molecule has 0 aromatic heterocycles. The molecule has 0 aliphatic carbocycles. The van der Waals surface area contributed by atoms with E-state index in [2.05, 4.69) is 9.46 Å². The van der Waals surface area contributed by atoms with Gasteiger partial charge in [-0.15, -0.1) is 0 Å². The van der Waals surface area contributed by atoms with Gasteiger partial charge in [-0.1, -0.05) is 0 Å². The fourth-order valence-corrected chi connectivity index (χ4v) is 2.73. The first-order chi connectivity index (χ1) is 9.81. The van der Waals surface area contributed by atoms with Gasteiger partial charge in [0.05, 0.1) is 26.2 Å². The summed E-state index contributed by atoms with van der Waals surface area (Å²) in [6, 6.07) is 3.78. The zero-order chi connectivity index (χ0) is 16.0. The van der Waals surface area contributed by atoms with Crippen LogP contribution in [0, 0.1) is 0 Å². The lowest BCUT2D eigenvalue weighted by atomic mass is 10.2. The molecule has 0 aliphatic heterocycles. The van der Waals surface area contributed by atoms with Crippen LogP contribution < -0.4 is 9.46 Å². The molecule has 0 amide bonds. The first-order valence-corrected chi connectivity index (χ1v) is 7.28. The van der Waals surface area contributed by atoms with Crippen molar-refractivity contribution >= 4 is 22.0 Å². The van der Waals surface area contributed by atoms with Crippen LogP contribution in [-0.4, -0.2) is 46.2 Å². The first kappa shape index (κ1) is 16.9. The largest absolute Gasteiger partial charge is 0.495 e. The number of carbonyl (C=O) groups excluding carboxylic acids is 1. The molecule has 0 saturated heterocycles. The number of aliphatic carboxylic acids is 1. The summed E-state index contributed by atoms with van der Waals surface area (Å²) >= 11 is 0. The highest BCUT2D eigenvalue weighted by Crippen LogP contribution is 2.25. The van der Waals surface area contributed by atoms with Gasteiger partial charge >= 0.3 is 11.9 Å². The van der Waals surface area contributed by atoms with E-state index in [1.165, 1.54) is 26.4 Å². The molecule has 0 bridgehead atoms. The topological polar surface area (TPSA) is 119 Å². The monoisotopic (exact) mass is 317 g/mol. The minimum Gasteiger partial charge on any atom is -0.495 e. The smallest absolute Gasteiger partial charge is 0.337 e. The molecule has 2 N–H and O–H groups in total. The second kappa shape index (κ2) is 7.04. The standard InChI is InChI=1S/C12H15NO7S/c1-19-9-4-3-8(12(16)20-2)7-10(9)21(17,18)13-6-5-11(14)15/h3-4,7,13H,5-6H2,1-2H3,(H,14,15). The molecule has 1 aromatic carbocycles. The number of methoxy groups -OCH3 is 2. The molecule has 1 aromatic rings. The Kier molecular flexibility index (Phi) is 5.68. The Morgan fingerprint density at radius 3 is 2.48 bits per heavy atom. The van der Waals surface area contributed by atoms with E-state index >= 15 is 0 Å². The number of benzene rings is 1. The van der Waals surface area contributed by atoms with Crippen molar-refractivity contribution in [2.45, 2.75) is 11.3 Å². The Bertz CT molecular complexity index is 639. The summed E-state index contributed by atoms with van der Waals surface area (Å²) < 4.78 is 35.8. The van der Waals surface area contributed by atoms with Gasteiger partial charge in [-0.25, -0.2) is 17.9 Å². The molecule has 0 aliphatic rings. The van der Waals surface area contributed by atoms with Crippen molar-refractivity contribution in [2.75, 3.05) is 20.8 Å². The van der Waals surface area contributed by atoms with Crippen LogP contribution in [0.3, 0.4) is 0 Å². The van der Waals surface area contributed by atoms with Crippen molar-refractivity contribution in [3.8, 4) is 5.75 Å². The van der Waals surface area contributed by atoms with E-state index in [4.69, 9.17) is 9.84 Å². The summed E-state index contributed by atoms with van der Waals surface area (Å²) in [5.41, 5.74) is 0.0388. The van der Waals surface area contributed by atoms with Crippen molar-refractivity contribution in [1.29, 1.82) is 0 Å². The lowest BCUT2D eigenvalue weighted by Gasteiger charge is -2.11. The zero-order valence-corrected chi connectivity index (χ0v) is 12.3. The van der Waals surface area contributed by atoms with Gasteiger partial charge < -0.3 is 14.6 Å². The number of rotatable bonds is 7. The lowest BCUT2D eigenvalue weighted by molar-refractivity contribution is -0.136. The molecular formula is C12H15NO7S. The van der Waals surface area contributed by atoms with Gasteiger partial charge in [-0.2, -0.15) is 0 Å². The summed E-state index contributed by atoms with van der Waals surface area (Å²) in [5, 5.41) is 8.51. The molecular weight excluding hydrogens is 302 g/mol. The number of ether oxygens (including phenoxy) is 2. The molecule has 0 radical (unpaired) electrons. The van der Waals surface area contributed by atoms with Crippen molar-refractivity contribution in [3.05, 3.63) is 23.8 Å². The predicted molar refractivity (Wildman–Crippen MR) is 71.8 cm³/mol. The number of carbonyl (C=O) groups is 2. The van der Waals surface area contributed by atoms with E-state index < -0.39 is 22.0 Å². The predicted octanol–water partition coefficient (Wildman–Crippen LogP) is 0.235. The van der Waals surface area contributed by atoms with Crippen LogP contribution >= 0.6 is 0 Å². The Labute approximate surface area is 121 Å². The van der Waals surface area contributed by atoms with Crippen molar-refractivity contribution in [1.82, 2.24) is 4.72 Å². The molecule has 0 saturated carbocycles. The maximum atomic E-state index is 12.1. The second-order valence-corrected chi connectivity index (χ2v) is 5.63. The molecule has 0 spiro atoms. The molecule has 0 unspecified atom stereocenters. The normalized spacial score (nSPS) is 11.0. The summed E-state index contributed by atoms with van der Waals surface area (Å²) in [6.07, 6.45) is -0.363. The minimum absolute atomic E-state index is 0.0329. The van der Waals surface area contributed by atoms with Crippen LogP contribution in [0.25, 0.3) is 0 Å². The third-order valence-corrected chi connectivity index (χ3v) is 3.99. The van der Waals surface area contributed by atoms with Gasteiger partial charge in [0.1, 0.15) is 10.6 Å². The van der Waals surface area contributed by atoms with Gasteiger partial charge in [0.2, 0.25) is 10.0 Å². The van der Waals surface area contributed by atoms with Crippen molar-refractivity contribution in [3.63, 3.8) is 0 Å². The average Bonchev–Trinajstić information content (AvgIpc) is 2.45.